The third-order valence-corrected chi connectivity index (χ3v) is 3.34. The topological polar surface area (TPSA) is 49.3 Å². The minimum Gasteiger partial charge on any atom is -0.508 e. The Morgan fingerprint density at radius 1 is 1.20 bits per heavy atom. The fourth-order valence-electron chi connectivity index (χ4n) is 1.73. The molecule has 2 N–H and O–H groups in total. The molecule has 0 saturated carbocycles. The summed E-state index contributed by atoms with van der Waals surface area (Å²) in [5, 5.41) is 12.3. The summed E-state index contributed by atoms with van der Waals surface area (Å²) in [5.41, 5.74) is 2.39. The summed E-state index contributed by atoms with van der Waals surface area (Å²) in [6, 6.07) is 12.2. The van der Waals surface area contributed by atoms with Crippen molar-refractivity contribution in [1.29, 1.82) is 0 Å². The van der Waals surface area contributed by atoms with Gasteiger partial charge in [-0.15, -0.1) is 0 Å². The fraction of sp³-hybridized carbons (Fsp3) is 0.0625. The minimum atomic E-state index is -0.0681. The first kappa shape index (κ1) is 14.3. The summed E-state index contributed by atoms with van der Waals surface area (Å²) in [4.78, 5) is 11.9. The van der Waals surface area contributed by atoms with E-state index < -0.39 is 0 Å². The quantitative estimate of drug-likeness (QED) is 0.499. The van der Waals surface area contributed by atoms with Crippen molar-refractivity contribution in [2.75, 3.05) is 5.32 Å². The van der Waals surface area contributed by atoms with Crippen LogP contribution in [0, 0.1) is 6.92 Å². The predicted octanol–water partition coefficient (Wildman–Crippen LogP) is 4.27. The lowest BCUT2D eigenvalue weighted by Gasteiger charge is -2.05. The number of allylic oxidation sites excluding steroid dienone is 1. The van der Waals surface area contributed by atoms with Crippen molar-refractivity contribution in [2.45, 2.75) is 6.92 Å². The standard InChI is InChI=1S/C16H14BrNO2/c1-11-10-14(19)6-7-15(11)18-9-8-16(20)12-2-4-13(17)5-3-12/h2-10,18-19H,1H3/b9-8+. The first-order valence-electron chi connectivity index (χ1n) is 6.09. The second kappa shape index (κ2) is 6.39. The molecule has 4 heteroatoms. The van der Waals surface area contributed by atoms with E-state index in [0.717, 1.165) is 15.7 Å². The van der Waals surface area contributed by atoms with E-state index in [9.17, 15) is 9.90 Å². The molecule has 20 heavy (non-hydrogen) atoms. The number of anilines is 1. The number of rotatable bonds is 4. The van der Waals surface area contributed by atoms with Crippen LogP contribution < -0.4 is 5.32 Å². The molecule has 2 aromatic carbocycles. The Kier molecular flexibility index (Phi) is 4.58. The molecule has 0 atom stereocenters. The molecule has 0 bridgehead atoms. The number of halogens is 1. The van der Waals surface area contributed by atoms with E-state index in [1.54, 1.807) is 36.5 Å². The summed E-state index contributed by atoms with van der Waals surface area (Å²) in [6.45, 7) is 1.88. The summed E-state index contributed by atoms with van der Waals surface area (Å²) < 4.78 is 0.941. The molecule has 0 unspecified atom stereocenters. The van der Waals surface area contributed by atoms with Crippen molar-refractivity contribution in [1.82, 2.24) is 0 Å². The molecule has 102 valence electrons. The smallest absolute Gasteiger partial charge is 0.187 e. The number of aromatic hydroxyl groups is 1. The van der Waals surface area contributed by atoms with Crippen molar-refractivity contribution in [3.8, 4) is 5.75 Å². The monoisotopic (exact) mass is 331 g/mol. The third-order valence-electron chi connectivity index (χ3n) is 2.81. The van der Waals surface area contributed by atoms with E-state index in [4.69, 9.17) is 0 Å². The van der Waals surface area contributed by atoms with E-state index in [0.29, 0.717) is 5.56 Å². The van der Waals surface area contributed by atoms with Crippen molar-refractivity contribution < 1.29 is 9.90 Å². The second-order valence-electron chi connectivity index (χ2n) is 4.35. The van der Waals surface area contributed by atoms with Gasteiger partial charge in [0.25, 0.3) is 0 Å². The van der Waals surface area contributed by atoms with Crippen LogP contribution in [0.3, 0.4) is 0 Å². The number of carbonyl (C=O) groups excluding carboxylic acids is 1. The first-order valence-corrected chi connectivity index (χ1v) is 6.88. The highest BCUT2D eigenvalue weighted by atomic mass is 79.9. The summed E-state index contributed by atoms with van der Waals surface area (Å²) >= 11 is 3.33. The zero-order chi connectivity index (χ0) is 14.5. The van der Waals surface area contributed by atoms with Gasteiger partial charge in [0.2, 0.25) is 0 Å². The number of aryl methyl sites for hydroxylation is 1. The van der Waals surface area contributed by atoms with Crippen LogP contribution in [0.25, 0.3) is 0 Å². The SMILES string of the molecule is Cc1cc(O)ccc1N/C=C/C(=O)c1ccc(Br)cc1. The van der Waals surface area contributed by atoms with Crippen LogP contribution in [0.4, 0.5) is 5.69 Å². The molecule has 0 aliphatic rings. The van der Waals surface area contributed by atoms with Gasteiger partial charge >= 0.3 is 0 Å². The number of nitrogens with one attached hydrogen (secondary N) is 1. The van der Waals surface area contributed by atoms with Gasteiger partial charge in [0.1, 0.15) is 5.75 Å². The molecule has 2 rings (SSSR count). The maximum Gasteiger partial charge on any atom is 0.187 e. The molecule has 0 amide bonds. The van der Waals surface area contributed by atoms with Crippen LogP contribution >= 0.6 is 15.9 Å². The van der Waals surface area contributed by atoms with Gasteiger partial charge in [-0.1, -0.05) is 15.9 Å². The Morgan fingerprint density at radius 3 is 2.55 bits per heavy atom. The lowest BCUT2D eigenvalue weighted by atomic mass is 10.1. The fourth-order valence-corrected chi connectivity index (χ4v) is 1.99. The van der Waals surface area contributed by atoms with E-state index in [-0.39, 0.29) is 11.5 Å². The lowest BCUT2D eigenvalue weighted by Crippen LogP contribution is -1.96. The first-order chi connectivity index (χ1) is 9.56. The average molecular weight is 332 g/mol. The van der Waals surface area contributed by atoms with Crippen LogP contribution in [0.2, 0.25) is 0 Å². The van der Waals surface area contributed by atoms with E-state index in [1.807, 2.05) is 19.1 Å². The third kappa shape index (κ3) is 3.71. The Morgan fingerprint density at radius 2 is 1.90 bits per heavy atom. The van der Waals surface area contributed by atoms with Gasteiger partial charge in [-0.3, -0.25) is 4.79 Å². The number of hydrogen-bond donors (Lipinski definition) is 2. The molecule has 3 nitrogen and oxygen atoms in total. The normalized spacial score (nSPS) is 10.7. The average Bonchev–Trinajstić information content (AvgIpc) is 2.42. The van der Waals surface area contributed by atoms with Gasteiger partial charge in [0.05, 0.1) is 0 Å². The molecule has 0 radical (unpaired) electrons. The Bertz CT molecular complexity index is 648. The number of hydrogen-bond acceptors (Lipinski definition) is 3. The number of ketones is 1. The van der Waals surface area contributed by atoms with Crippen molar-refractivity contribution in [3.63, 3.8) is 0 Å². The lowest BCUT2D eigenvalue weighted by molar-refractivity contribution is 0.104. The number of phenols is 1. The van der Waals surface area contributed by atoms with Gasteiger partial charge in [-0.05, 0) is 55.0 Å². The molecule has 0 saturated heterocycles. The van der Waals surface area contributed by atoms with Crippen LogP contribution in [0.5, 0.6) is 5.75 Å². The Labute approximate surface area is 126 Å². The molecule has 0 aliphatic heterocycles. The molecule has 2 aromatic rings. The highest BCUT2D eigenvalue weighted by molar-refractivity contribution is 9.10. The molecule has 0 aromatic heterocycles. The zero-order valence-electron chi connectivity index (χ0n) is 10.9. The van der Waals surface area contributed by atoms with Crippen LogP contribution in [-0.2, 0) is 0 Å². The molecule has 0 spiro atoms. The predicted molar refractivity (Wildman–Crippen MR) is 84.1 cm³/mol. The number of carbonyl (C=O) groups is 1. The van der Waals surface area contributed by atoms with Gasteiger partial charge in [-0.2, -0.15) is 0 Å². The highest BCUT2D eigenvalue weighted by Crippen LogP contribution is 2.20. The van der Waals surface area contributed by atoms with Crippen molar-refractivity contribution in [2.24, 2.45) is 0 Å². The maximum atomic E-state index is 11.9. The Balaban J connectivity index is 2.02. The summed E-state index contributed by atoms with van der Waals surface area (Å²) in [5.74, 6) is 0.157. The molecule has 0 heterocycles. The zero-order valence-corrected chi connectivity index (χ0v) is 12.5. The Hall–Kier alpha value is -2.07. The van der Waals surface area contributed by atoms with Crippen molar-refractivity contribution >= 4 is 27.4 Å². The van der Waals surface area contributed by atoms with Gasteiger partial charge in [0.15, 0.2) is 5.78 Å². The largest absolute Gasteiger partial charge is 0.508 e. The molecular formula is C16H14BrNO2. The maximum absolute atomic E-state index is 11.9. The van der Waals surface area contributed by atoms with Gasteiger partial charge in [0, 0.05) is 28.0 Å². The van der Waals surface area contributed by atoms with Crippen LogP contribution in [-0.4, -0.2) is 10.9 Å². The van der Waals surface area contributed by atoms with E-state index in [2.05, 4.69) is 21.2 Å². The van der Waals surface area contributed by atoms with E-state index in [1.165, 1.54) is 6.08 Å². The summed E-state index contributed by atoms with van der Waals surface area (Å²) in [7, 11) is 0. The number of benzene rings is 2. The highest BCUT2D eigenvalue weighted by Gasteiger charge is 2.01. The van der Waals surface area contributed by atoms with Crippen molar-refractivity contribution in [3.05, 3.63) is 70.3 Å². The molecule has 0 fully saturated rings. The van der Waals surface area contributed by atoms with Gasteiger partial charge in [-0.25, -0.2) is 0 Å². The van der Waals surface area contributed by atoms with Crippen LogP contribution in [0.15, 0.2) is 59.2 Å². The molecular weight excluding hydrogens is 318 g/mol. The van der Waals surface area contributed by atoms with Gasteiger partial charge < -0.3 is 10.4 Å². The second-order valence-corrected chi connectivity index (χ2v) is 5.26. The summed E-state index contributed by atoms with van der Waals surface area (Å²) in [6.07, 6.45) is 3.08. The van der Waals surface area contributed by atoms with Crippen LogP contribution in [0.1, 0.15) is 15.9 Å². The molecule has 0 aliphatic carbocycles. The number of phenolic OH excluding ortho intramolecular Hbond substituents is 1. The minimum absolute atomic E-state index is 0.0681. The van der Waals surface area contributed by atoms with E-state index >= 15 is 0 Å².